The summed E-state index contributed by atoms with van der Waals surface area (Å²) in [7, 11) is 0. The number of nitrogens with zero attached hydrogens (tertiary/aromatic N) is 2. The van der Waals surface area contributed by atoms with E-state index in [0.717, 1.165) is 28.6 Å². The molecule has 1 aromatic carbocycles. The minimum Gasteiger partial charge on any atom is -0.459 e. The van der Waals surface area contributed by atoms with E-state index in [4.69, 9.17) is 9.15 Å². The highest BCUT2D eigenvalue weighted by Crippen LogP contribution is 2.30. The number of pyridine rings is 1. The van der Waals surface area contributed by atoms with Crippen LogP contribution in [0.2, 0.25) is 0 Å². The molecule has 1 aliphatic heterocycles. The van der Waals surface area contributed by atoms with Crippen molar-refractivity contribution in [3.05, 3.63) is 46.1 Å². The largest absolute Gasteiger partial charge is 0.459 e. The molecule has 1 unspecified atom stereocenters. The molecule has 3 aromatic rings. The Morgan fingerprint density at radius 2 is 2.23 bits per heavy atom. The second-order valence-electron chi connectivity index (χ2n) is 6.35. The molecule has 2 aromatic heterocycles. The molecule has 0 radical (unpaired) electrons. The maximum Gasteiger partial charge on any atom is 0.310 e. The maximum absolute atomic E-state index is 12.0. The number of carbonyl (C=O) groups excluding carboxylic acids is 1. The molecule has 1 fully saturated rings. The van der Waals surface area contributed by atoms with E-state index in [1.165, 1.54) is 0 Å². The van der Waals surface area contributed by atoms with Crippen LogP contribution >= 0.6 is 15.9 Å². The van der Waals surface area contributed by atoms with Gasteiger partial charge in [0.05, 0.1) is 11.6 Å². The molecule has 0 aliphatic carbocycles. The molecule has 1 atom stereocenters. The third-order valence-electron chi connectivity index (χ3n) is 4.57. The van der Waals surface area contributed by atoms with E-state index in [-0.39, 0.29) is 18.5 Å². The third kappa shape index (κ3) is 3.37. The summed E-state index contributed by atoms with van der Waals surface area (Å²) in [6.07, 6.45) is 0.823. The fourth-order valence-electron chi connectivity index (χ4n) is 3.01. The Hall–Kier alpha value is -2.25. The quantitative estimate of drug-likeness (QED) is 0.655. The molecule has 1 saturated heterocycles. The number of nitrogens with one attached hydrogen (secondary N) is 1. The van der Waals surface area contributed by atoms with Crippen LogP contribution in [0.4, 0.5) is 0 Å². The summed E-state index contributed by atoms with van der Waals surface area (Å²) in [5.74, 6) is 0.289. The van der Waals surface area contributed by atoms with Crippen molar-refractivity contribution < 1.29 is 13.9 Å². The van der Waals surface area contributed by atoms with Crippen LogP contribution in [0.25, 0.3) is 22.7 Å². The van der Waals surface area contributed by atoms with E-state index < -0.39 is 0 Å². The number of fused-ring (bicyclic) bond motifs is 1. The molecule has 0 spiro atoms. The van der Waals surface area contributed by atoms with Crippen LogP contribution in [-0.4, -0.2) is 29.0 Å². The predicted octanol–water partition coefficient (Wildman–Crippen LogP) is 3.61. The van der Waals surface area contributed by atoms with Crippen molar-refractivity contribution in [1.82, 2.24) is 15.3 Å². The van der Waals surface area contributed by atoms with Crippen LogP contribution in [0.1, 0.15) is 17.7 Å². The monoisotopic (exact) mass is 415 g/mol. The predicted molar refractivity (Wildman–Crippen MR) is 100 cm³/mol. The molecular weight excluding hydrogens is 398 g/mol. The van der Waals surface area contributed by atoms with Crippen molar-refractivity contribution >= 4 is 33.1 Å². The highest BCUT2D eigenvalue weighted by atomic mass is 79.9. The standard InChI is InChI=1S/C19H18BrN3O3/c1-11-14(3-2-4-15(11)20)18-23-17-16(26-18)6-5-13(22-17)10-25-19(24)12-7-8-21-9-12/h2-6,12,21H,7-10H2,1H3. The number of hydrogen-bond acceptors (Lipinski definition) is 6. The number of rotatable bonds is 4. The van der Waals surface area contributed by atoms with Crippen molar-refractivity contribution in [2.75, 3.05) is 13.1 Å². The molecule has 26 heavy (non-hydrogen) atoms. The summed E-state index contributed by atoms with van der Waals surface area (Å²) in [5.41, 5.74) is 3.74. The maximum atomic E-state index is 12.0. The van der Waals surface area contributed by atoms with Gasteiger partial charge in [0.2, 0.25) is 5.89 Å². The zero-order chi connectivity index (χ0) is 18.1. The minimum absolute atomic E-state index is 0.0584. The van der Waals surface area contributed by atoms with Gasteiger partial charge >= 0.3 is 5.97 Å². The van der Waals surface area contributed by atoms with E-state index in [9.17, 15) is 4.79 Å². The molecule has 4 rings (SSSR count). The molecular formula is C19H18BrN3O3. The Morgan fingerprint density at radius 1 is 1.35 bits per heavy atom. The van der Waals surface area contributed by atoms with Gasteiger partial charge in [-0.15, -0.1) is 0 Å². The van der Waals surface area contributed by atoms with Crippen LogP contribution in [0.15, 0.2) is 39.2 Å². The molecule has 0 saturated carbocycles. The van der Waals surface area contributed by atoms with Gasteiger partial charge in [-0.3, -0.25) is 4.79 Å². The first-order valence-corrected chi connectivity index (χ1v) is 9.30. The third-order valence-corrected chi connectivity index (χ3v) is 5.42. The zero-order valence-corrected chi connectivity index (χ0v) is 15.9. The molecule has 0 bridgehead atoms. The van der Waals surface area contributed by atoms with Gasteiger partial charge in [0.25, 0.3) is 0 Å². The summed E-state index contributed by atoms with van der Waals surface area (Å²) >= 11 is 3.52. The lowest BCUT2D eigenvalue weighted by atomic mass is 10.1. The van der Waals surface area contributed by atoms with Crippen molar-refractivity contribution in [3.8, 4) is 11.5 Å². The van der Waals surface area contributed by atoms with Crippen LogP contribution in [0, 0.1) is 12.8 Å². The summed E-state index contributed by atoms with van der Waals surface area (Å²) in [6.45, 7) is 3.69. The number of ether oxygens (including phenoxy) is 1. The lowest BCUT2D eigenvalue weighted by Gasteiger charge is -2.08. The Bertz CT molecular complexity index is 964. The van der Waals surface area contributed by atoms with Crippen LogP contribution < -0.4 is 5.32 Å². The second kappa shape index (κ2) is 7.17. The number of aromatic nitrogens is 2. The first-order chi connectivity index (χ1) is 12.6. The smallest absolute Gasteiger partial charge is 0.310 e. The summed E-state index contributed by atoms with van der Waals surface area (Å²) in [5, 5.41) is 3.16. The Morgan fingerprint density at radius 3 is 3.04 bits per heavy atom. The fourth-order valence-corrected chi connectivity index (χ4v) is 3.38. The first kappa shape index (κ1) is 17.2. The van der Waals surface area contributed by atoms with Gasteiger partial charge in [-0.2, -0.15) is 4.98 Å². The van der Waals surface area contributed by atoms with Gasteiger partial charge in [-0.05, 0) is 49.7 Å². The summed E-state index contributed by atoms with van der Waals surface area (Å²) < 4.78 is 12.2. The fraction of sp³-hybridized carbons (Fsp3) is 0.316. The lowest BCUT2D eigenvalue weighted by molar-refractivity contribution is -0.149. The van der Waals surface area contributed by atoms with Crippen LogP contribution in [0.3, 0.4) is 0 Å². The Labute approximate surface area is 159 Å². The first-order valence-electron chi connectivity index (χ1n) is 8.51. The van der Waals surface area contributed by atoms with Crippen molar-refractivity contribution in [2.24, 2.45) is 5.92 Å². The Balaban J connectivity index is 1.54. The molecule has 3 heterocycles. The molecule has 0 amide bonds. The van der Waals surface area contributed by atoms with Crippen molar-refractivity contribution in [1.29, 1.82) is 0 Å². The van der Waals surface area contributed by atoms with Gasteiger partial charge in [-0.1, -0.05) is 22.0 Å². The Kier molecular flexibility index (Phi) is 4.74. The molecule has 134 valence electrons. The van der Waals surface area contributed by atoms with Gasteiger partial charge in [-0.25, -0.2) is 4.98 Å². The van der Waals surface area contributed by atoms with Gasteiger partial charge < -0.3 is 14.5 Å². The van der Waals surface area contributed by atoms with Crippen molar-refractivity contribution in [3.63, 3.8) is 0 Å². The number of hydrogen-bond donors (Lipinski definition) is 1. The molecule has 6 nitrogen and oxygen atoms in total. The number of oxazole rings is 1. The van der Waals surface area contributed by atoms with E-state index in [0.29, 0.717) is 29.4 Å². The van der Waals surface area contributed by atoms with Gasteiger partial charge in [0.15, 0.2) is 11.2 Å². The molecule has 7 heteroatoms. The number of esters is 1. The zero-order valence-electron chi connectivity index (χ0n) is 14.3. The highest BCUT2D eigenvalue weighted by molar-refractivity contribution is 9.10. The average molecular weight is 416 g/mol. The van der Waals surface area contributed by atoms with E-state index in [2.05, 4.69) is 31.2 Å². The van der Waals surface area contributed by atoms with Crippen LogP contribution in [0.5, 0.6) is 0 Å². The average Bonchev–Trinajstić information content (AvgIpc) is 3.31. The van der Waals surface area contributed by atoms with E-state index in [1.807, 2.05) is 31.2 Å². The lowest BCUT2D eigenvalue weighted by Crippen LogP contribution is -2.20. The minimum atomic E-state index is -0.178. The summed E-state index contributed by atoms with van der Waals surface area (Å²) in [4.78, 5) is 21.0. The van der Waals surface area contributed by atoms with E-state index in [1.54, 1.807) is 6.07 Å². The summed E-state index contributed by atoms with van der Waals surface area (Å²) in [6, 6.07) is 9.49. The molecule has 1 N–H and O–H groups in total. The van der Waals surface area contributed by atoms with Gasteiger partial charge in [0.1, 0.15) is 6.61 Å². The van der Waals surface area contributed by atoms with Crippen LogP contribution in [-0.2, 0) is 16.1 Å². The SMILES string of the molecule is Cc1c(Br)cccc1-c1nc2nc(COC(=O)C3CCNC3)ccc2o1. The number of benzene rings is 1. The molecule has 1 aliphatic rings. The second-order valence-corrected chi connectivity index (χ2v) is 7.21. The number of carbonyl (C=O) groups is 1. The van der Waals surface area contributed by atoms with E-state index >= 15 is 0 Å². The highest BCUT2D eigenvalue weighted by Gasteiger charge is 2.24. The van der Waals surface area contributed by atoms with Gasteiger partial charge in [0, 0.05) is 16.6 Å². The normalized spacial score (nSPS) is 16.9. The van der Waals surface area contributed by atoms with Crippen molar-refractivity contribution in [2.45, 2.75) is 20.0 Å². The topological polar surface area (TPSA) is 77.2 Å². The number of halogens is 1.